The van der Waals surface area contributed by atoms with E-state index in [4.69, 9.17) is 9.47 Å². The quantitative estimate of drug-likeness (QED) is 0.604. The molecule has 0 saturated carbocycles. The van der Waals surface area contributed by atoms with Crippen molar-refractivity contribution in [2.75, 3.05) is 57.9 Å². The normalized spacial score (nSPS) is 21.3. The molecule has 9 heteroatoms. The zero-order valence-corrected chi connectivity index (χ0v) is 17.8. The van der Waals surface area contributed by atoms with E-state index in [0.29, 0.717) is 32.0 Å². The van der Waals surface area contributed by atoms with E-state index in [-0.39, 0.29) is 23.3 Å². The van der Waals surface area contributed by atoms with Crippen LogP contribution in [-0.2, 0) is 24.3 Å². The fraction of sp³-hybridized carbons (Fsp3) is 0.650. The van der Waals surface area contributed by atoms with Gasteiger partial charge in [0.05, 0.1) is 30.6 Å². The summed E-state index contributed by atoms with van der Waals surface area (Å²) < 4.78 is 38.1. The Morgan fingerprint density at radius 3 is 2.55 bits per heavy atom. The van der Waals surface area contributed by atoms with Crippen molar-refractivity contribution in [2.45, 2.75) is 37.2 Å². The van der Waals surface area contributed by atoms with Crippen LogP contribution < -0.4 is 5.32 Å². The molecule has 0 bridgehead atoms. The van der Waals surface area contributed by atoms with E-state index in [2.05, 4.69) is 17.1 Å². The van der Waals surface area contributed by atoms with Crippen LogP contribution in [0.1, 0.15) is 26.2 Å². The van der Waals surface area contributed by atoms with Crippen LogP contribution in [0.15, 0.2) is 29.2 Å². The number of sulfonamides is 1. The smallest absolute Gasteiger partial charge is 0.243 e. The molecule has 2 heterocycles. The number of hydrogen-bond acceptors (Lipinski definition) is 6. The second kappa shape index (κ2) is 10.5. The van der Waals surface area contributed by atoms with Gasteiger partial charge in [0.15, 0.2) is 0 Å². The molecule has 3 rings (SSSR count). The lowest BCUT2D eigenvalue weighted by Gasteiger charge is -2.33. The van der Waals surface area contributed by atoms with Gasteiger partial charge >= 0.3 is 0 Å². The van der Waals surface area contributed by atoms with Crippen molar-refractivity contribution < 1.29 is 22.7 Å². The van der Waals surface area contributed by atoms with E-state index in [1.807, 2.05) is 0 Å². The first-order chi connectivity index (χ1) is 14.0. The van der Waals surface area contributed by atoms with Gasteiger partial charge in [0.1, 0.15) is 0 Å². The SMILES string of the molecule is CCN1CCN(S(=O)(=O)c2ccc(NC(=O)CCOCC3CCCO3)cc2)CC1. The summed E-state index contributed by atoms with van der Waals surface area (Å²) in [7, 11) is -3.50. The average molecular weight is 426 g/mol. The molecule has 2 saturated heterocycles. The molecular formula is C20H31N3O5S. The number of ether oxygens (including phenoxy) is 2. The number of carbonyl (C=O) groups excluding carboxylic acids is 1. The maximum atomic E-state index is 12.8. The number of anilines is 1. The third kappa shape index (κ3) is 6.23. The molecule has 8 nitrogen and oxygen atoms in total. The molecule has 1 aromatic rings. The van der Waals surface area contributed by atoms with Crippen LogP contribution in [0.3, 0.4) is 0 Å². The Hall–Kier alpha value is -1.52. The largest absolute Gasteiger partial charge is 0.378 e. The van der Waals surface area contributed by atoms with E-state index >= 15 is 0 Å². The average Bonchev–Trinajstić information content (AvgIpc) is 3.25. The van der Waals surface area contributed by atoms with Crippen LogP contribution in [0.5, 0.6) is 0 Å². The van der Waals surface area contributed by atoms with Crippen LogP contribution in [-0.4, -0.2) is 82.2 Å². The number of nitrogens with zero attached hydrogens (tertiary/aromatic N) is 2. The Morgan fingerprint density at radius 2 is 1.93 bits per heavy atom. The highest BCUT2D eigenvalue weighted by Gasteiger charge is 2.27. The molecule has 1 aromatic carbocycles. The van der Waals surface area contributed by atoms with Crippen LogP contribution in [0, 0.1) is 0 Å². The van der Waals surface area contributed by atoms with Gasteiger partial charge in [0.25, 0.3) is 0 Å². The predicted molar refractivity (Wildman–Crippen MR) is 110 cm³/mol. The molecule has 0 radical (unpaired) electrons. The molecule has 2 fully saturated rings. The van der Waals surface area contributed by atoms with Crippen molar-refractivity contribution >= 4 is 21.6 Å². The van der Waals surface area contributed by atoms with Crippen molar-refractivity contribution in [3.63, 3.8) is 0 Å². The minimum atomic E-state index is -3.50. The van der Waals surface area contributed by atoms with Crippen molar-refractivity contribution in [2.24, 2.45) is 0 Å². The monoisotopic (exact) mass is 425 g/mol. The Balaban J connectivity index is 1.44. The highest BCUT2D eigenvalue weighted by Crippen LogP contribution is 2.20. The van der Waals surface area contributed by atoms with Crippen molar-refractivity contribution in [1.82, 2.24) is 9.21 Å². The lowest BCUT2D eigenvalue weighted by Crippen LogP contribution is -2.48. The summed E-state index contributed by atoms with van der Waals surface area (Å²) in [5.74, 6) is -0.163. The van der Waals surface area contributed by atoms with Crippen molar-refractivity contribution in [1.29, 1.82) is 0 Å². The molecule has 1 atom stereocenters. The number of rotatable bonds is 9. The fourth-order valence-corrected chi connectivity index (χ4v) is 4.95. The maximum Gasteiger partial charge on any atom is 0.243 e. The van der Waals surface area contributed by atoms with Crippen molar-refractivity contribution in [3.05, 3.63) is 24.3 Å². The topological polar surface area (TPSA) is 88.2 Å². The summed E-state index contributed by atoms with van der Waals surface area (Å²) in [6.45, 7) is 7.15. The molecule has 2 aliphatic heterocycles. The number of nitrogens with one attached hydrogen (secondary N) is 1. The molecule has 1 unspecified atom stereocenters. The summed E-state index contributed by atoms with van der Waals surface area (Å²) in [6, 6.07) is 6.34. The number of hydrogen-bond donors (Lipinski definition) is 1. The van der Waals surface area contributed by atoms with Gasteiger partial charge < -0.3 is 19.7 Å². The van der Waals surface area contributed by atoms with Crippen LogP contribution in [0.25, 0.3) is 0 Å². The molecule has 0 aliphatic carbocycles. The zero-order chi connectivity index (χ0) is 20.7. The van der Waals surface area contributed by atoms with Gasteiger partial charge in [-0.15, -0.1) is 0 Å². The molecule has 162 valence electrons. The molecule has 1 amide bonds. The third-order valence-corrected chi connectivity index (χ3v) is 7.27. The van der Waals surface area contributed by atoms with E-state index in [0.717, 1.165) is 39.1 Å². The number of amides is 1. The minimum absolute atomic E-state index is 0.150. The van der Waals surface area contributed by atoms with Gasteiger partial charge in [-0.2, -0.15) is 4.31 Å². The Bertz CT molecular complexity index is 755. The van der Waals surface area contributed by atoms with E-state index in [9.17, 15) is 13.2 Å². The molecule has 0 spiro atoms. The van der Waals surface area contributed by atoms with Crippen LogP contribution in [0.4, 0.5) is 5.69 Å². The van der Waals surface area contributed by atoms with Gasteiger partial charge in [-0.1, -0.05) is 6.92 Å². The second-order valence-electron chi connectivity index (χ2n) is 7.37. The molecular weight excluding hydrogens is 394 g/mol. The summed E-state index contributed by atoms with van der Waals surface area (Å²) in [5.41, 5.74) is 0.573. The first-order valence-corrected chi connectivity index (χ1v) is 11.7. The lowest BCUT2D eigenvalue weighted by atomic mass is 10.2. The zero-order valence-electron chi connectivity index (χ0n) is 17.0. The Labute approximate surface area is 173 Å². The highest BCUT2D eigenvalue weighted by atomic mass is 32.2. The Kier molecular flexibility index (Phi) is 8.02. The van der Waals surface area contributed by atoms with Crippen LogP contribution in [0.2, 0.25) is 0 Å². The Morgan fingerprint density at radius 1 is 1.21 bits per heavy atom. The summed E-state index contributed by atoms with van der Waals surface area (Å²) in [4.78, 5) is 14.5. The van der Waals surface area contributed by atoms with Crippen molar-refractivity contribution in [3.8, 4) is 0 Å². The maximum absolute atomic E-state index is 12.8. The third-order valence-electron chi connectivity index (χ3n) is 5.36. The van der Waals surface area contributed by atoms with Crippen LogP contribution >= 0.6 is 0 Å². The molecule has 29 heavy (non-hydrogen) atoms. The predicted octanol–water partition coefficient (Wildman–Crippen LogP) is 1.54. The summed E-state index contributed by atoms with van der Waals surface area (Å²) in [6.07, 6.45) is 2.47. The van der Waals surface area contributed by atoms with Gasteiger partial charge in [-0.05, 0) is 43.7 Å². The number of piperazine rings is 1. The van der Waals surface area contributed by atoms with Gasteiger partial charge in [-0.3, -0.25) is 4.79 Å². The van der Waals surface area contributed by atoms with Gasteiger partial charge in [0, 0.05) is 38.5 Å². The molecule has 1 N–H and O–H groups in total. The van der Waals surface area contributed by atoms with Gasteiger partial charge in [0.2, 0.25) is 15.9 Å². The number of carbonyl (C=O) groups is 1. The first-order valence-electron chi connectivity index (χ1n) is 10.3. The number of benzene rings is 1. The van der Waals surface area contributed by atoms with E-state index in [1.165, 1.54) is 4.31 Å². The standard InChI is InChI=1S/C20H31N3O5S/c1-2-22-10-12-23(13-11-22)29(25,26)19-7-5-17(6-8-19)21-20(24)9-15-27-16-18-4-3-14-28-18/h5-8,18H,2-4,9-16H2,1H3,(H,21,24). The fourth-order valence-electron chi connectivity index (χ4n) is 3.52. The van der Waals surface area contributed by atoms with Gasteiger partial charge in [-0.25, -0.2) is 8.42 Å². The summed E-state index contributed by atoms with van der Waals surface area (Å²) >= 11 is 0. The number of likely N-dealkylation sites (N-methyl/N-ethyl adjacent to an activating group) is 1. The minimum Gasteiger partial charge on any atom is -0.378 e. The second-order valence-corrected chi connectivity index (χ2v) is 9.31. The lowest BCUT2D eigenvalue weighted by molar-refractivity contribution is -0.117. The highest BCUT2D eigenvalue weighted by molar-refractivity contribution is 7.89. The van der Waals surface area contributed by atoms with E-state index in [1.54, 1.807) is 24.3 Å². The molecule has 2 aliphatic rings. The summed E-state index contributed by atoms with van der Waals surface area (Å²) in [5, 5.41) is 2.78. The van der Waals surface area contributed by atoms with E-state index < -0.39 is 10.0 Å². The molecule has 0 aromatic heterocycles. The first kappa shape index (κ1) is 22.2.